The van der Waals surface area contributed by atoms with Gasteiger partial charge in [-0.25, -0.2) is 0 Å². The number of hydroxylamine groups is 2. The zero-order valence-electron chi connectivity index (χ0n) is 8.81. The number of halogens is 1. The van der Waals surface area contributed by atoms with Crippen LogP contribution >= 0.6 is 0 Å². The van der Waals surface area contributed by atoms with Crippen molar-refractivity contribution in [1.82, 2.24) is 5.06 Å². The molecule has 17 heavy (non-hydrogen) atoms. The Morgan fingerprint density at radius 2 is 2.00 bits per heavy atom. The molecule has 6 nitrogen and oxygen atoms in total. The number of fused-ring (bicyclic) bond motifs is 1. The molecular formula is C10H8BrNO5. The fraction of sp³-hybridized carbons (Fsp3) is 0.200. The Bertz CT molecular complexity index is 488. The van der Waals surface area contributed by atoms with E-state index in [0.717, 1.165) is 0 Å². The summed E-state index contributed by atoms with van der Waals surface area (Å²) in [6, 6.07) is 4.83. The molecule has 0 aromatic heterocycles. The molecule has 0 atom stereocenters. The first-order valence-electron chi connectivity index (χ1n) is 4.81. The molecule has 2 rings (SSSR count). The number of carbonyl (C=O) groups excluding carboxylic acids is 2. The lowest BCUT2D eigenvalue weighted by atomic mass is 10.0. The molecular weight excluding hydrogens is 294 g/mol. The van der Waals surface area contributed by atoms with Crippen molar-refractivity contribution in [3.05, 3.63) is 34.9 Å². The van der Waals surface area contributed by atoms with Gasteiger partial charge in [0.15, 0.2) is 0 Å². The van der Waals surface area contributed by atoms with Crippen LogP contribution in [0.3, 0.4) is 0 Å². The van der Waals surface area contributed by atoms with Gasteiger partial charge < -0.3 is 8.40 Å². The van der Waals surface area contributed by atoms with Gasteiger partial charge in [0.05, 0.1) is 11.1 Å². The minimum atomic E-state index is -3.66. The highest BCUT2D eigenvalue weighted by atomic mass is 80.0. The van der Waals surface area contributed by atoms with E-state index < -0.39 is 26.6 Å². The minimum absolute atomic E-state index is 0.179. The summed E-state index contributed by atoms with van der Waals surface area (Å²) in [7, 11) is 0. The predicted molar refractivity (Wildman–Crippen MR) is 47.4 cm³/mol. The molecule has 0 radical (unpaired) electrons. The molecule has 0 saturated heterocycles. The number of nitrogens with zero attached hydrogens (tertiary/aromatic N) is 1. The third kappa shape index (κ3) is 1.98. The molecule has 90 valence electrons. The summed E-state index contributed by atoms with van der Waals surface area (Å²) in [6.45, 7) is 1.84. The molecule has 0 fully saturated rings. The third-order valence-electron chi connectivity index (χ3n) is 2.47. The fourth-order valence-corrected chi connectivity index (χ4v) is 2.25. The van der Waals surface area contributed by atoms with Gasteiger partial charge in [0.25, 0.3) is 11.8 Å². The van der Waals surface area contributed by atoms with Gasteiger partial charge in [0.2, 0.25) is 0 Å². The van der Waals surface area contributed by atoms with Crippen LogP contribution in [0.15, 0.2) is 18.2 Å². The molecule has 1 heterocycles. The van der Waals surface area contributed by atoms with Crippen LogP contribution in [0.2, 0.25) is 0 Å². The first-order valence-corrected chi connectivity index (χ1v) is 6.75. The van der Waals surface area contributed by atoms with Crippen LogP contribution in [0, 0.1) is 14.8 Å². The van der Waals surface area contributed by atoms with E-state index in [1.807, 2.05) is 6.92 Å². The van der Waals surface area contributed by atoms with Crippen molar-refractivity contribution < 1.29 is 36.7 Å². The Hall–Kier alpha value is -1.28. The molecule has 0 bridgehead atoms. The summed E-state index contributed by atoms with van der Waals surface area (Å²) in [4.78, 5) is 23.6. The summed E-state index contributed by atoms with van der Waals surface area (Å²) >= 11 is -3.66. The number of imide groups is 1. The lowest BCUT2D eigenvalue weighted by molar-refractivity contribution is -1.64. The lowest BCUT2D eigenvalue weighted by Gasteiger charge is -2.03. The molecule has 0 saturated carbocycles. The maximum atomic E-state index is 11.8. The molecule has 2 amide bonds. The van der Waals surface area contributed by atoms with Crippen LogP contribution in [-0.4, -0.2) is 16.9 Å². The summed E-state index contributed by atoms with van der Waals surface area (Å²) in [5.41, 5.74) is 1.10. The SMILES string of the molecule is CCc1cccc2c1C(=O)N(O[Br+2]([O-])[O-])C2=O. The van der Waals surface area contributed by atoms with Crippen LogP contribution < -0.4 is 8.40 Å². The van der Waals surface area contributed by atoms with E-state index in [0.29, 0.717) is 17.0 Å². The van der Waals surface area contributed by atoms with Gasteiger partial charge in [0.1, 0.15) is 3.93 Å². The third-order valence-corrected chi connectivity index (χ3v) is 3.00. The Morgan fingerprint density at radius 1 is 1.29 bits per heavy atom. The van der Waals surface area contributed by atoms with Crippen molar-refractivity contribution in [2.75, 3.05) is 0 Å². The molecule has 0 spiro atoms. The molecule has 7 heteroatoms. The quantitative estimate of drug-likeness (QED) is 0.658. The maximum absolute atomic E-state index is 11.8. The van der Waals surface area contributed by atoms with E-state index in [2.05, 4.69) is 3.93 Å². The minimum Gasteiger partial charge on any atom is -0.370 e. The van der Waals surface area contributed by atoms with Crippen molar-refractivity contribution >= 4 is 11.8 Å². The van der Waals surface area contributed by atoms with E-state index in [9.17, 15) is 18.0 Å². The smallest absolute Gasteiger partial charge is 0.370 e. The zero-order chi connectivity index (χ0) is 12.6. The summed E-state index contributed by atoms with van der Waals surface area (Å²) < 4.78 is 25.2. The number of benzene rings is 1. The van der Waals surface area contributed by atoms with Crippen molar-refractivity contribution in [2.24, 2.45) is 0 Å². The first kappa shape index (κ1) is 12.2. The number of aryl methyl sites for hydroxylation is 1. The standard InChI is InChI=1S/C10H8BrNO5/c1-2-6-4-3-5-7-8(6)10(14)12(9(7)13)17-11(15)16/h3-5H,2H2,1H3. The van der Waals surface area contributed by atoms with E-state index in [4.69, 9.17) is 0 Å². The van der Waals surface area contributed by atoms with E-state index >= 15 is 0 Å². The highest BCUT2D eigenvalue weighted by molar-refractivity contribution is 6.21. The monoisotopic (exact) mass is 301 g/mol. The van der Waals surface area contributed by atoms with E-state index in [1.54, 1.807) is 12.1 Å². The van der Waals surface area contributed by atoms with Gasteiger partial charge in [-0.3, -0.25) is 9.59 Å². The predicted octanol–water partition coefficient (Wildman–Crippen LogP) is -1.14. The average Bonchev–Trinajstić information content (AvgIpc) is 2.54. The Balaban J connectivity index is 2.45. The van der Waals surface area contributed by atoms with Crippen molar-refractivity contribution in [3.63, 3.8) is 0 Å². The van der Waals surface area contributed by atoms with Gasteiger partial charge in [-0.2, -0.15) is 0 Å². The molecule has 0 unspecified atom stereocenters. The second-order valence-corrected chi connectivity index (χ2v) is 4.44. The van der Waals surface area contributed by atoms with Crippen molar-refractivity contribution in [3.8, 4) is 0 Å². The molecule has 1 aromatic rings. The van der Waals surface area contributed by atoms with Gasteiger partial charge in [-0.1, -0.05) is 24.1 Å². The van der Waals surface area contributed by atoms with Gasteiger partial charge in [-0.15, -0.1) is 0 Å². The summed E-state index contributed by atoms with van der Waals surface area (Å²) in [5, 5.41) is 0.291. The Labute approximate surface area is 102 Å². The van der Waals surface area contributed by atoms with Crippen LogP contribution in [0.25, 0.3) is 0 Å². The van der Waals surface area contributed by atoms with Crippen LogP contribution in [-0.2, 0) is 10.3 Å². The number of hydrogen-bond acceptors (Lipinski definition) is 5. The molecule has 1 aliphatic rings. The fourth-order valence-electron chi connectivity index (χ4n) is 1.75. The second-order valence-electron chi connectivity index (χ2n) is 3.36. The molecule has 1 aromatic carbocycles. The Kier molecular flexibility index (Phi) is 3.25. The van der Waals surface area contributed by atoms with Crippen LogP contribution in [0.4, 0.5) is 0 Å². The largest absolute Gasteiger partial charge is 0.473 e. The highest BCUT2D eigenvalue weighted by Gasteiger charge is 2.44. The molecule has 0 N–H and O–H groups in total. The highest BCUT2D eigenvalue weighted by Crippen LogP contribution is 2.26. The van der Waals surface area contributed by atoms with Crippen molar-refractivity contribution in [2.45, 2.75) is 13.3 Å². The maximum Gasteiger partial charge on any atom is 0.473 e. The summed E-state index contributed by atoms with van der Waals surface area (Å²) in [5.74, 6) is -1.47. The molecule has 0 aliphatic carbocycles. The van der Waals surface area contributed by atoms with E-state index in [-0.39, 0.29) is 11.1 Å². The number of hydrogen-bond donors (Lipinski definition) is 0. The Morgan fingerprint density at radius 3 is 2.59 bits per heavy atom. The molecule has 1 aliphatic heterocycles. The van der Waals surface area contributed by atoms with Gasteiger partial charge in [0, 0.05) is 0 Å². The normalized spacial score (nSPS) is 14.7. The number of amides is 2. The summed E-state index contributed by atoms with van der Waals surface area (Å²) in [6.07, 6.45) is 0.572. The first-order chi connectivity index (χ1) is 8.06. The number of rotatable bonds is 3. The van der Waals surface area contributed by atoms with Gasteiger partial charge >= 0.3 is 14.8 Å². The average molecular weight is 302 g/mol. The number of carbonyl (C=O) groups is 2. The zero-order valence-corrected chi connectivity index (χ0v) is 10.4. The van der Waals surface area contributed by atoms with E-state index in [1.165, 1.54) is 6.07 Å². The van der Waals surface area contributed by atoms with Crippen LogP contribution in [0.5, 0.6) is 0 Å². The van der Waals surface area contributed by atoms with Gasteiger partial charge in [-0.05, 0) is 18.1 Å². The van der Waals surface area contributed by atoms with Crippen LogP contribution in [0.1, 0.15) is 33.2 Å². The second kappa shape index (κ2) is 4.53. The van der Waals surface area contributed by atoms with Crippen molar-refractivity contribution in [1.29, 1.82) is 0 Å². The lowest BCUT2D eigenvalue weighted by Crippen LogP contribution is -2.43. The topological polar surface area (TPSA) is 92.7 Å².